The summed E-state index contributed by atoms with van der Waals surface area (Å²) in [4.78, 5) is 14.4. The molecule has 0 aliphatic carbocycles. The van der Waals surface area contributed by atoms with Crippen LogP contribution in [-0.4, -0.2) is 35.4 Å². The summed E-state index contributed by atoms with van der Waals surface area (Å²) in [6, 6.07) is 4.02. The van der Waals surface area contributed by atoms with Gasteiger partial charge in [-0.2, -0.15) is 0 Å². The Bertz CT molecular complexity index is 311. The van der Waals surface area contributed by atoms with Crippen LogP contribution >= 0.6 is 11.3 Å². The fourth-order valence-corrected chi connectivity index (χ4v) is 1.95. The summed E-state index contributed by atoms with van der Waals surface area (Å²) in [7, 11) is 0. The van der Waals surface area contributed by atoms with Gasteiger partial charge in [0.25, 0.3) is 0 Å². The molecular weight excluding hydrogens is 226 g/mol. The van der Waals surface area contributed by atoms with Crippen LogP contribution in [-0.2, 0) is 11.3 Å². The van der Waals surface area contributed by atoms with Crippen LogP contribution in [0.1, 0.15) is 18.7 Å². The second-order valence-electron chi connectivity index (χ2n) is 3.64. The molecule has 0 bridgehead atoms. The van der Waals surface area contributed by atoms with Crippen molar-refractivity contribution in [3.63, 3.8) is 0 Å². The topological polar surface area (TPSA) is 49.8 Å². The van der Waals surface area contributed by atoms with Crippen molar-refractivity contribution in [2.75, 3.05) is 13.2 Å². The van der Waals surface area contributed by atoms with E-state index >= 15 is 0 Å². The summed E-state index contributed by atoms with van der Waals surface area (Å²) in [5.74, 6) is 0. The molecule has 1 aromatic heterocycles. The van der Waals surface area contributed by atoms with Crippen LogP contribution in [0.15, 0.2) is 17.5 Å². The molecule has 0 saturated carbocycles. The van der Waals surface area contributed by atoms with Crippen molar-refractivity contribution >= 4 is 17.4 Å². The van der Waals surface area contributed by atoms with Gasteiger partial charge in [-0.3, -0.25) is 0 Å². The summed E-state index contributed by atoms with van der Waals surface area (Å²) in [5.41, 5.74) is 0. The number of aliphatic hydroxyl groups is 1. The lowest BCUT2D eigenvalue weighted by Gasteiger charge is -2.25. The zero-order valence-corrected chi connectivity index (χ0v) is 10.4. The molecular formula is C11H17NO3S. The lowest BCUT2D eigenvalue weighted by Crippen LogP contribution is -2.37. The van der Waals surface area contributed by atoms with Crippen molar-refractivity contribution in [3.05, 3.63) is 22.4 Å². The fraction of sp³-hybridized carbons (Fsp3) is 0.545. The number of aliphatic hydroxyl groups excluding tert-OH is 1. The Morgan fingerprint density at radius 1 is 1.62 bits per heavy atom. The van der Waals surface area contributed by atoms with Gasteiger partial charge >= 0.3 is 6.09 Å². The van der Waals surface area contributed by atoms with E-state index in [0.29, 0.717) is 6.54 Å². The van der Waals surface area contributed by atoms with Gasteiger partial charge in [0.1, 0.15) is 6.61 Å². The van der Waals surface area contributed by atoms with E-state index in [9.17, 15) is 4.79 Å². The van der Waals surface area contributed by atoms with E-state index in [1.807, 2.05) is 31.4 Å². The van der Waals surface area contributed by atoms with E-state index < -0.39 is 0 Å². The number of ether oxygens (including phenoxy) is 1. The minimum absolute atomic E-state index is 0.0481. The number of carbonyl (C=O) groups excluding carboxylic acids is 1. The first-order valence-electron chi connectivity index (χ1n) is 5.21. The lowest BCUT2D eigenvalue weighted by atomic mass is 10.3. The number of nitrogens with zero attached hydrogens (tertiary/aromatic N) is 1. The highest BCUT2D eigenvalue weighted by Crippen LogP contribution is 2.14. The maximum absolute atomic E-state index is 11.7. The minimum atomic E-state index is -0.377. The summed E-state index contributed by atoms with van der Waals surface area (Å²) in [5, 5.41) is 10.6. The van der Waals surface area contributed by atoms with E-state index in [0.717, 1.165) is 4.88 Å². The number of carbonyl (C=O) groups is 1. The van der Waals surface area contributed by atoms with Crippen LogP contribution in [0.4, 0.5) is 4.79 Å². The number of rotatable bonds is 5. The van der Waals surface area contributed by atoms with Crippen LogP contribution < -0.4 is 0 Å². The van der Waals surface area contributed by atoms with Crippen molar-refractivity contribution in [1.82, 2.24) is 4.90 Å². The predicted molar refractivity (Wildman–Crippen MR) is 63.4 cm³/mol. The summed E-state index contributed by atoms with van der Waals surface area (Å²) in [6.07, 6.45) is -0.377. The largest absolute Gasteiger partial charge is 0.447 e. The molecule has 4 nitrogen and oxygen atoms in total. The molecule has 1 aromatic rings. The van der Waals surface area contributed by atoms with Gasteiger partial charge in [0.2, 0.25) is 0 Å². The highest BCUT2D eigenvalue weighted by atomic mass is 32.1. The van der Waals surface area contributed by atoms with E-state index in [4.69, 9.17) is 9.84 Å². The normalized spacial score (nSPS) is 10.5. The molecule has 0 saturated heterocycles. The van der Waals surface area contributed by atoms with Gasteiger partial charge in [-0.05, 0) is 25.3 Å². The van der Waals surface area contributed by atoms with Gasteiger partial charge in [-0.25, -0.2) is 4.79 Å². The van der Waals surface area contributed by atoms with Gasteiger partial charge < -0.3 is 14.7 Å². The van der Waals surface area contributed by atoms with Crippen LogP contribution in [0, 0.1) is 0 Å². The van der Waals surface area contributed by atoms with Crippen LogP contribution in [0.25, 0.3) is 0 Å². The molecule has 0 unspecified atom stereocenters. The number of amides is 1. The summed E-state index contributed by atoms with van der Waals surface area (Å²) >= 11 is 1.61. The monoisotopic (exact) mass is 243 g/mol. The Kier molecular flexibility index (Phi) is 5.28. The third-order valence-corrected chi connectivity index (χ3v) is 2.94. The van der Waals surface area contributed by atoms with Crippen molar-refractivity contribution in [2.24, 2.45) is 0 Å². The molecule has 0 aliphatic rings. The standard InChI is InChI=1S/C11H17NO3S/c1-9(2)12(11(14)15-6-5-13)8-10-4-3-7-16-10/h3-4,7,9,13H,5-6,8H2,1-2H3. The van der Waals surface area contributed by atoms with Gasteiger partial charge in [0.15, 0.2) is 0 Å². The summed E-state index contributed by atoms with van der Waals surface area (Å²) < 4.78 is 4.91. The third kappa shape index (κ3) is 3.83. The molecule has 1 heterocycles. The molecule has 0 aliphatic heterocycles. The van der Waals surface area contributed by atoms with Crippen molar-refractivity contribution in [1.29, 1.82) is 0 Å². The molecule has 90 valence electrons. The van der Waals surface area contributed by atoms with E-state index in [2.05, 4.69) is 0 Å². The van der Waals surface area contributed by atoms with Crippen molar-refractivity contribution in [3.8, 4) is 0 Å². The smallest absolute Gasteiger partial charge is 0.410 e. The number of hydrogen-bond donors (Lipinski definition) is 1. The Labute approximate surface area is 99.5 Å². The highest BCUT2D eigenvalue weighted by Gasteiger charge is 2.18. The highest BCUT2D eigenvalue weighted by molar-refractivity contribution is 7.09. The Hall–Kier alpha value is -1.07. The van der Waals surface area contributed by atoms with Crippen LogP contribution in [0.2, 0.25) is 0 Å². The van der Waals surface area contributed by atoms with Gasteiger partial charge in [0, 0.05) is 10.9 Å². The number of thiophene rings is 1. The van der Waals surface area contributed by atoms with Gasteiger partial charge in [0.05, 0.1) is 13.2 Å². The quantitative estimate of drug-likeness (QED) is 0.861. The average molecular weight is 243 g/mol. The van der Waals surface area contributed by atoms with E-state index in [1.54, 1.807) is 16.2 Å². The van der Waals surface area contributed by atoms with Gasteiger partial charge in [-0.15, -0.1) is 11.3 Å². The Morgan fingerprint density at radius 3 is 2.88 bits per heavy atom. The first kappa shape index (κ1) is 13.0. The Morgan fingerprint density at radius 2 is 2.38 bits per heavy atom. The first-order chi connectivity index (χ1) is 7.65. The third-order valence-electron chi connectivity index (χ3n) is 2.08. The molecule has 16 heavy (non-hydrogen) atoms. The van der Waals surface area contributed by atoms with Crippen molar-refractivity contribution < 1.29 is 14.6 Å². The zero-order valence-electron chi connectivity index (χ0n) is 9.55. The summed E-state index contributed by atoms with van der Waals surface area (Å²) in [6.45, 7) is 4.34. The molecule has 1 rings (SSSR count). The second-order valence-corrected chi connectivity index (χ2v) is 4.67. The molecule has 0 spiro atoms. The number of hydrogen-bond acceptors (Lipinski definition) is 4. The first-order valence-corrected chi connectivity index (χ1v) is 6.09. The van der Waals surface area contributed by atoms with E-state index in [-0.39, 0.29) is 25.3 Å². The van der Waals surface area contributed by atoms with Crippen molar-refractivity contribution in [2.45, 2.75) is 26.4 Å². The molecule has 1 N–H and O–H groups in total. The zero-order chi connectivity index (χ0) is 12.0. The molecule has 0 fully saturated rings. The predicted octanol–water partition coefficient (Wildman–Crippen LogP) is 2.09. The van der Waals surface area contributed by atoms with E-state index in [1.165, 1.54) is 0 Å². The molecule has 0 atom stereocenters. The molecule has 0 radical (unpaired) electrons. The minimum Gasteiger partial charge on any atom is -0.447 e. The SMILES string of the molecule is CC(C)N(Cc1cccs1)C(=O)OCCO. The molecule has 5 heteroatoms. The maximum Gasteiger partial charge on any atom is 0.410 e. The Balaban J connectivity index is 2.57. The van der Waals surface area contributed by atoms with Crippen LogP contribution in [0.5, 0.6) is 0 Å². The second kappa shape index (κ2) is 6.50. The lowest BCUT2D eigenvalue weighted by molar-refractivity contribution is 0.0734. The molecule has 1 amide bonds. The average Bonchev–Trinajstić information content (AvgIpc) is 2.74. The maximum atomic E-state index is 11.7. The fourth-order valence-electron chi connectivity index (χ4n) is 1.24. The van der Waals surface area contributed by atoms with Crippen LogP contribution in [0.3, 0.4) is 0 Å². The van der Waals surface area contributed by atoms with Gasteiger partial charge in [-0.1, -0.05) is 6.07 Å². The molecule has 0 aromatic carbocycles.